The molecule has 3 aromatic rings. The molecule has 0 aromatic heterocycles. The first kappa shape index (κ1) is 29.3. The average molecular weight is 620 g/mol. The number of nitrogens with zero attached hydrogens (tertiary/aromatic N) is 2. The van der Waals surface area contributed by atoms with Crippen molar-refractivity contribution >= 4 is 56.7 Å². The molecule has 5 rings (SSSR count). The van der Waals surface area contributed by atoms with Crippen LogP contribution in [0.1, 0.15) is 36.3 Å². The normalized spacial score (nSPS) is 17.3. The van der Waals surface area contributed by atoms with E-state index in [0.717, 1.165) is 5.56 Å². The summed E-state index contributed by atoms with van der Waals surface area (Å²) in [5.41, 5.74) is 2.78. The summed E-state index contributed by atoms with van der Waals surface area (Å²) in [6, 6.07) is 22.0. The Kier molecular flexibility index (Phi) is 8.34. The van der Waals surface area contributed by atoms with Crippen LogP contribution in [0.4, 0.5) is 5.69 Å². The van der Waals surface area contributed by atoms with Crippen molar-refractivity contribution < 1.29 is 18.0 Å². The number of carbonyl (C=O) groups excluding carboxylic acids is 2. The number of primary sulfonamides is 1. The van der Waals surface area contributed by atoms with Gasteiger partial charge in [0.25, 0.3) is 0 Å². The molecule has 0 radical (unpaired) electrons. The number of rotatable bonds is 6. The smallest absolute Gasteiger partial charge is 0.249 e. The van der Waals surface area contributed by atoms with Gasteiger partial charge in [0.15, 0.2) is 5.78 Å². The summed E-state index contributed by atoms with van der Waals surface area (Å²) in [7, 11) is -3.97. The monoisotopic (exact) mass is 618 g/mol. The molecule has 0 saturated heterocycles. The van der Waals surface area contributed by atoms with Gasteiger partial charge in [-0.15, -0.1) is 0 Å². The maximum atomic E-state index is 13.5. The average Bonchev–Trinajstić information content (AvgIpc) is 2.96. The maximum absolute atomic E-state index is 13.5. The number of nitrogens with one attached hydrogen (secondary N) is 1. The van der Waals surface area contributed by atoms with Crippen LogP contribution >= 0.6 is 23.2 Å². The molecule has 2 aliphatic rings. The molecule has 3 aromatic carbocycles. The first-order valence-electron chi connectivity index (χ1n) is 12.9. The third-order valence-electron chi connectivity index (χ3n) is 7.04. The summed E-state index contributed by atoms with van der Waals surface area (Å²) < 4.78 is 23.8. The zero-order chi connectivity index (χ0) is 30.0. The third kappa shape index (κ3) is 5.89. The zero-order valence-corrected chi connectivity index (χ0v) is 24.4. The predicted octanol–water partition coefficient (Wildman–Crippen LogP) is 5.82. The number of allylic oxidation sites excluding steroid dienone is 3. The highest BCUT2D eigenvalue weighted by atomic mass is 35.5. The zero-order valence-electron chi connectivity index (χ0n) is 22.1. The van der Waals surface area contributed by atoms with E-state index < -0.39 is 21.8 Å². The van der Waals surface area contributed by atoms with Crippen LogP contribution in [0.3, 0.4) is 0 Å². The van der Waals surface area contributed by atoms with Crippen molar-refractivity contribution in [3.05, 3.63) is 123 Å². The molecule has 11 heteroatoms. The van der Waals surface area contributed by atoms with E-state index in [0.29, 0.717) is 40.4 Å². The van der Waals surface area contributed by atoms with Crippen LogP contribution in [0, 0.1) is 11.3 Å². The van der Waals surface area contributed by atoms with Gasteiger partial charge in [-0.2, -0.15) is 5.26 Å². The van der Waals surface area contributed by atoms with Gasteiger partial charge in [0, 0.05) is 39.5 Å². The number of ketones is 1. The van der Waals surface area contributed by atoms with E-state index in [1.165, 1.54) is 30.3 Å². The van der Waals surface area contributed by atoms with Crippen LogP contribution in [0.2, 0.25) is 10.0 Å². The molecule has 8 nitrogen and oxygen atoms in total. The van der Waals surface area contributed by atoms with E-state index in [1.54, 1.807) is 29.2 Å². The fraction of sp³-hybridized carbons (Fsp3) is 0.129. The van der Waals surface area contributed by atoms with Crippen LogP contribution in [0.25, 0.3) is 6.08 Å². The summed E-state index contributed by atoms with van der Waals surface area (Å²) in [4.78, 5) is 28.3. The van der Waals surface area contributed by atoms with Gasteiger partial charge in [0.1, 0.15) is 5.82 Å². The number of nitriles is 1. The Balaban J connectivity index is 1.71. The summed E-state index contributed by atoms with van der Waals surface area (Å²) >= 11 is 12.8. The second-order valence-corrected chi connectivity index (χ2v) is 12.1. The number of sulfonamides is 1. The molecule has 1 aliphatic carbocycles. The molecule has 1 amide bonds. The maximum Gasteiger partial charge on any atom is 0.249 e. The number of hydrogen-bond acceptors (Lipinski definition) is 6. The Morgan fingerprint density at radius 3 is 2.40 bits per heavy atom. The molecule has 0 fully saturated rings. The molecule has 1 atom stereocenters. The van der Waals surface area contributed by atoms with Gasteiger partial charge in [-0.1, -0.05) is 59.6 Å². The van der Waals surface area contributed by atoms with Gasteiger partial charge in [-0.25, -0.2) is 13.6 Å². The minimum absolute atomic E-state index is 0.0882. The number of nitrogens with two attached hydrogens (primary N) is 1. The second-order valence-electron chi connectivity index (χ2n) is 9.72. The van der Waals surface area contributed by atoms with Crippen molar-refractivity contribution in [2.45, 2.75) is 30.1 Å². The SMILES string of the molecule is N#CC1=C(NC(=O)/C=C/c2ccccc2)N(c2ccc(S(N)(=O)=O)cc2)C2=C(C(=O)CCC2)C1c1ccc(Cl)cc1Cl. The Morgan fingerprint density at radius 2 is 1.76 bits per heavy atom. The lowest BCUT2D eigenvalue weighted by atomic mass is 9.75. The summed E-state index contributed by atoms with van der Waals surface area (Å²) in [6.07, 6.45) is 4.26. The Bertz CT molecular complexity index is 1830. The number of anilines is 1. The van der Waals surface area contributed by atoms with Crippen molar-refractivity contribution in [3.63, 3.8) is 0 Å². The van der Waals surface area contributed by atoms with Crippen LogP contribution in [0.5, 0.6) is 0 Å². The Hall–Kier alpha value is -4.20. The molecule has 1 aliphatic heterocycles. The van der Waals surface area contributed by atoms with E-state index in [9.17, 15) is 23.3 Å². The van der Waals surface area contributed by atoms with Crippen molar-refractivity contribution in [1.29, 1.82) is 5.26 Å². The molecular weight excluding hydrogens is 595 g/mol. The number of Topliss-reactive ketones (excluding diaryl/α,β-unsaturated/α-hetero) is 1. The molecule has 42 heavy (non-hydrogen) atoms. The topological polar surface area (TPSA) is 133 Å². The van der Waals surface area contributed by atoms with Crippen molar-refractivity contribution in [3.8, 4) is 6.07 Å². The summed E-state index contributed by atoms with van der Waals surface area (Å²) in [5, 5.41) is 19.4. The first-order chi connectivity index (χ1) is 20.1. The fourth-order valence-electron chi connectivity index (χ4n) is 5.19. The molecule has 1 heterocycles. The predicted molar refractivity (Wildman–Crippen MR) is 162 cm³/mol. The van der Waals surface area contributed by atoms with Gasteiger partial charge in [-0.3, -0.25) is 14.5 Å². The Morgan fingerprint density at radius 1 is 1.05 bits per heavy atom. The highest BCUT2D eigenvalue weighted by Crippen LogP contribution is 2.48. The van der Waals surface area contributed by atoms with E-state index in [-0.39, 0.29) is 33.5 Å². The van der Waals surface area contributed by atoms with Crippen LogP contribution in [-0.2, 0) is 19.6 Å². The Labute approximate surface area is 253 Å². The fourth-order valence-corrected chi connectivity index (χ4v) is 6.23. The molecule has 0 bridgehead atoms. The van der Waals surface area contributed by atoms with Crippen LogP contribution < -0.4 is 15.4 Å². The minimum atomic E-state index is -3.97. The number of amides is 1. The van der Waals surface area contributed by atoms with Crippen LogP contribution in [-0.4, -0.2) is 20.1 Å². The molecule has 1 unspecified atom stereocenters. The molecule has 212 valence electrons. The van der Waals surface area contributed by atoms with E-state index >= 15 is 0 Å². The highest BCUT2D eigenvalue weighted by Gasteiger charge is 2.42. The summed E-state index contributed by atoms with van der Waals surface area (Å²) in [6.45, 7) is 0. The summed E-state index contributed by atoms with van der Waals surface area (Å²) in [5.74, 6) is -1.40. The number of carbonyl (C=O) groups is 2. The standard InChI is InChI=1S/C31H24Cl2N4O4S/c32-20-10-15-23(25(33)17-20)29-24(18-34)31(36-28(39)16-9-19-5-2-1-3-6-19)37(26-7-4-8-27(38)30(26)29)21-11-13-22(14-12-21)42(35,40)41/h1-3,5-6,9-17,29H,4,7-8H2,(H,36,39)(H2,35,40,41)/b16-9+. The number of benzene rings is 3. The number of hydrogen-bond donors (Lipinski definition) is 2. The largest absolute Gasteiger partial charge is 0.307 e. The number of halogens is 2. The van der Waals surface area contributed by atoms with E-state index in [1.807, 2.05) is 30.3 Å². The molecule has 3 N–H and O–H groups in total. The lowest BCUT2D eigenvalue weighted by Gasteiger charge is -2.41. The van der Waals surface area contributed by atoms with Crippen LogP contribution in [0.15, 0.2) is 106 Å². The lowest BCUT2D eigenvalue weighted by molar-refractivity contribution is -0.116. The minimum Gasteiger partial charge on any atom is -0.307 e. The molecular formula is C31H24Cl2N4O4S. The van der Waals surface area contributed by atoms with Gasteiger partial charge >= 0.3 is 0 Å². The third-order valence-corrected chi connectivity index (χ3v) is 8.53. The highest BCUT2D eigenvalue weighted by molar-refractivity contribution is 7.89. The van der Waals surface area contributed by atoms with Crippen molar-refractivity contribution in [2.75, 3.05) is 4.90 Å². The van der Waals surface area contributed by atoms with E-state index in [2.05, 4.69) is 11.4 Å². The first-order valence-corrected chi connectivity index (χ1v) is 15.2. The quantitative estimate of drug-likeness (QED) is 0.335. The van der Waals surface area contributed by atoms with Gasteiger partial charge in [0.2, 0.25) is 15.9 Å². The second kappa shape index (κ2) is 12.0. The van der Waals surface area contributed by atoms with Gasteiger partial charge < -0.3 is 5.32 Å². The van der Waals surface area contributed by atoms with E-state index in [4.69, 9.17) is 28.3 Å². The molecule has 0 saturated carbocycles. The van der Waals surface area contributed by atoms with Gasteiger partial charge in [-0.05, 0) is 66.4 Å². The van der Waals surface area contributed by atoms with Crippen molar-refractivity contribution in [1.82, 2.24) is 5.32 Å². The molecule has 0 spiro atoms. The van der Waals surface area contributed by atoms with Crippen molar-refractivity contribution in [2.24, 2.45) is 5.14 Å². The lowest BCUT2D eigenvalue weighted by Crippen LogP contribution is -2.42. The van der Waals surface area contributed by atoms with Gasteiger partial charge in [0.05, 0.1) is 22.5 Å².